The van der Waals surface area contributed by atoms with Crippen molar-refractivity contribution in [1.82, 2.24) is 10.2 Å². The lowest BCUT2D eigenvalue weighted by atomic mass is 10.2. The van der Waals surface area contributed by atoms with Crippen LogP contribution in [-0.2, 0) is 11.3 Å². The van der Waals surface area contributed by atoms with Gasteiger partial charge in [-0.1, -0.05) is 25.1 Å². The Morgan fingerprint density at radius 3 is 2.65 bits per heavy atom. The van der Waals surface area contributed by atoms with Crippen LogP contribution in [0.1, 0.15) is 12.5 Å². The van der Waals surface area contributed by atoms with Crippen LogP contribution in [0.3, 0.4) is 0 Å². The zero-order valence-corrected chi connectivity index (χ0v) is 11.9. The first kappa shape index (κ1) is 15.8. The van der Waals surface area contributed by atoms with E-state index in [9.17, 15) is 9.59 Å². The normalized spacial score (nSPS) is 11.6. The molecule has 0 bridgehead atoms. The average Bonchev–Trinajstić information content (AvgIpc) is 2.44. The molecule has 0 fully saturated rings. The highest BCUT2D eigenvalue weighted by molar-refractivity contribution is 5.75. The van der Waals surface area contributed by atoms with Gasteiger partial charge in [-0.3, -0.25) is 4.79 Å². The summed E-state index contributed by atoms with van der Waals surface area (Å²) in [6, 6.07) is 7.07. The lowest BCUT2D eigenvalue weighted by Crippen LogP contribution is -2.40. The third-order valence-electron chi connectivity index (χ3n) is 2.94. The largest absolute Gasteiger partial charge is 0.496 e. The standard InChI is InChI=1S/C14H20N2O4/c1-10(13(17)18)9-16(2)14(19)15-8-11-6-4-5-7-12(11)20-3/h4-7,10H,8-9H2,1-3H3,(H,15,19)(H,17,18). The summed E-state index contributed by atoms with van der Waals surface area (Å²) in [5.74, 6) is -0.819. The van der Waals surface area contributed by atoms with Crippen molar-refractivity contribution in [2.75, 3.05) is 20.7 Å². The topological polar surface area (TPSA) is 78.9 Å². The van der Waals surface area contributed by atoms with Crippen molar-refractivity contribution < 1.29 is 19.4 Å². The molecule has 1 aromatic carbocycles. The smallest absolute Gasteiger partial charge is 0.317 e. The SMILES string of the molecule is COc1ccccc1CNC(=O)N(C)CC(C)C(=O)O. The van der Waals surface area contributed by atoms with E-state index in [0.29, 0.717) is 12.3 Å². The summed E-state index contributed by atoms with van der Waals surface area (Å²) in [5, 5.41) is 11.5. The predicted octanol–water partition coefficient (Wildman–Crippen LogP) is 1.56. The molecule has 0 spiro atoms. The minimum Gasteiger partial charge on any atom is -0.496 e. The van der Waals surface area contributed by atoms with Gasteiger partial charge < -0.3 is 20.1 Å². The van der Waals surface area contributed by atoms with Gasteiger partial charge in [0.05, 0.1) is 13.0 Å². The maximum atomic E-state index is 11.9. The van der Waals surface area contributed by atoms with E-state index in [1.807, 2.05) is 24.3 Å². The van der Waals surface area contributed by atoms with Crippen molar-refractivity contribution in [2.24, 2.45) is 5.92 Å². The average molecular weight is 280 g/mol. The van der Waals surface area contributed by atoms with E-state index < -0.39 is 11.9 Å². The molecule has 0 saturated carbocycles. The number of carboxylic acids is 1. The molecule has 20 heavy (non-hydrogen) atoms. The second-order valence-electron chi connectivity index (χ2n) is 4.59. The second kappa shape index (κ2) is 7.37. The molecule has 1 aromatic rings. The number of methoxy groups -OCH3 is 1. The maximum Gasteiger partial charge on any atom is 0.317 e. The Balaban J connectivity index is 2.52. The second-order valence-corrected chi connectivity index (χ2v) is 4.59. The first-order valence-corrected chi connectivity index (χ1v) is 6.29. The fourth-order valence-corrected chi connectivity index (χ4v) is 1.73. The highest BCUT2D eigenvalue weighted by Gasteiger charge is 2.17. The zero-order chi connectivity index (χ0) is 15.1. The number of ether oxygens (including phenoxy) is 1. The van der Waals surface area contributed by atoms with Gasteiger partial charge in [0.15, 0.2) is 0 Å². The zero-order valence-electron chi connectivity index (χ0n) is 11.9. The Morgan fingerprint density at radius 2 is 2.05 bits per heavy atom. The third-order valence-corrected chi connectivity index (χ3v) is 2.94. The molecule has 0 aliphatic heterocycles. The number of nitrogens with zero attached hydrogens (tertiary/aromatic N) is 1. The summed E-state index contributed by atoms with van der Waals surface area (Å²) in [6.07, 6.45) is 0. The van der Waals surface area contributed by atoms with Crippen molar-refractivity contribution >= 4 is 12.0 Å². The first-order valence-electron chi connectivity index (χ1n) is 6.29. The quantitative estimate of drug-likeness (QED) is 0.828. The molecule has 1 rings (SSSR count). The van der Waals surface area contributed by atoms with Gasteiger partial charge in [0.2, 0.25) is 0 Å². The molecule has 0 aliphatic rings. The van der Waals surface area contributed by atoms with E-state index in [0.717, 1.165) is 5.56 Å². The molecule has 6 heteroatoms. The van der Waals surface area contributed by atoms with Gasteiger partial charge >= 0.3 is 12.0 Å². The number of benzene rings is 1. The number of carboxylic acid groups (broad SMARTS) is 1. The van der Waals surface area contributed by atoms with Crippen LogP contribution in [-0.4, -0.2) is 42.7 Å². The number of aliphatic carboxylic acids is 1. The van der Waals surface area contributed by atoms with Gasteiger partial charge in [-0.05, 0) is 6.07 Å². The molecular formula is C14H20N2O4. The molecule has 2 N–H and O–H groups in total. The Bertz CT molecular complexity index is 476. The van der Waals surface area contributed by atoms with E-state index in [2.05, 4.69) is 5.32 Å². The Labute approximate surface area is 118 Å². The van der Waals surface area contributed by atoms with E-state index in [1.165, 1.54) is 4.90 Å². The fourth-order valence-electron chi connectivity index (χ4n) is 1.73. The van der Waals surface area contributed by atoms with Crippen LogP contribution in [0.5, 0.6) is 5.75 Å². The molecular weight excluding hydrogens is 260 g/mol. The van der Waals surface area contributed by atoms with E-state index in [4.69, 9.17) is 9.84 Å². The number of carbonyl (C=O) groups is 2. The van der Waals surface area contributed by atoms with Crippen LogP contribution < -0.4 is 10.1 Å². The van der Waals surface area contributed by atoms with E-state index >= 15 is 0 Å². The molecule has 2 amide bonds. The van der Waals surface area contributed by atoms with E-state index in [-0.39, 0.29) is 12.6 Å². The van der Waals surface area contributed by atoms with Crippen molar-refractivity contribution in [1.29, 1.82) is 0 Å². The molecule has 6 nitrogen and oxygen atoms in total. The summed E-state index contributed by atoms with van der Waals surface area (Å²) in [6.45, 7) is 2.05. The Hall–Kier alpha value is -2.24. The lowest BCUT2D eigenvalue weighted by Gasteiger charge is -2.20. The van der Waals surface area contributed by atoms with Crippen molar-refractivity contribution in [3.63, 3.8) is 0 Å². The van der Waals surface area contributed by atoms with Crippen molar-refractivity contribution in [2.45, 2.75) is 13.5 Å². The highest BCUT2D eigenvalue weighted by atomic mass is 16.5. The monoisotopic (exact) mass is 280 g/mol. The number of hydrogen-bond acceptors (Lipinski definition) is 3. The number of urea groups is 1. The number of rotatable bonds is 6. The third kappa shape index (κ3) is 4.46. The predicted molar refractivity (Wildman–Crippen MR) is 74.7 cm³/mol. The van der Waals surface area contributed by atoms with Gasteiger partial charge in [0, 0.05) is 25.7 Å². The van der Waals surface area contributed by atoms with Crippen LogP contribution in [0.4, 0.5) is 4.79 Å². The Morgan fingerprint density at radius 1 is 1.40 bits per heavy atom. The van der Waals surface area contributed by atoms with Gasteiger partial charge in [-0.2, -0.15) is 0 Å². The number of carbonyl (C=O) groups excluding carboxylic acids is 1. The molecule has 0 aliphatic carbocycles. The summed E-state index contributed by atoms with van der Waals surface area (Å²) in [5.41, 5.74) is 0.864. The summed E-state index contributed by atoms with van der Waals surface area (Å²) in [7, 11) is 3.14. The minimum atomic E-state index is -0.922. The fraction of sp³-hybridized carbons (Fsp3) is 0.429. The number of amides is 2. The highest BCUT2D eigenvalue weighted by Crippen LogP contribution is 2.16. The number of nitrogens with one attached hydrogen (secondary N) is 1. The number of hydrogen-bond donors (Lipinski definition) is 2. The van der Waals surface area contributed by atoms with Crippen LogP contribution in [0.2, 0.25) is 0 Å². The van der Waals surface area contributed by atoms with Crippen molar-refractivity contribution in [3.8, 4) is 5.75 Å². The van der Waals surface area contributed by atoms with Gasteiger partial charge in [-0.25, -0.2) is 4.79 Å². The van der Waals surface area contributed by atoms with Crippen LogP contribution >= 0.6 is 0 Å². The minimum absolute atomic E-state index is 0.160. The summed E-state index contributed by atoms with van der Waals surface area (Å²) >= 11 is 0. The molecule has 1 atom stereocenters. The maximum absolute atomic E-state index is 11.9. The first-order chi connectivity index (χ1) is 9.45. The van der Waals surface area contributed by atoms with Crippen molar-refractivity contribution in [3.05, 3.63) is 29.8 Å². The van der Waals surface area contributed by atoms with Gasteiger partial charge in [-0.15, -0.1) is 0 Å². The Kier molecular flexibility index (Phi) is 5.83. The lowest BCUT2D eigenvalue weighted by molar-refractivity contribution is -0.141. The van der Waals surface area contributed by atoms with Gasteiger partial charge in [0.25, 0.3) is 0 Å². The van der Waals surface area contributed by atoms with Crippen LogP contribution in [0.15, 0.2) is 24.3 Å². The molecule has 110 valence electrons. The van der Waals surface area contributed by atoms with Gasteiger partial charge in [0.1, 0.15) is 5.75 Å². The molecule has 0 saturated heterocycles. The molecule has 0 aromatic heterocycles. The molecule has 1 unspecified atom stereocenters. The van der Waals surface area contributed by atoms with Crippen LogP contribution in [0.25, 0.3) is 0 Å². The summed E-state index contributed by atoms with van der Waals surface area (Å²) < 4.78 is 5.19. The van der Waals surface area contributed by atoms with E-state index in [1.54, 1.807) is 21.1 Å². The molecule has 0 radical (unpaired) electrons. The van der Waals surface area contributed by atoms with Crippen LogP contribution in [0, 0.1) is 5.92 Å². The molecule has 0 heterocycles. The summed E-state index contributed by atoms with van der Waals surface area (Å²) in [4.78, 5) is 24.0. The number of para-hydroxylation sites is 1.